The molecule has 0 aliphatic heterocycles. The summed E-state index contributed by atoms with van der Waals surface area (Å²) in [5, 5.41) is 6.36. The molecule has 2 aromatic carbocycles. The molecule has 4 aromatic heterocycles. The van der Waals surface area contributed by atoms with E-state index in [0.29, 0.717) is 82.3 Å². The number of nitrogens with one attached hydrogen (secondary N) is 3. The quantitative estimate of drug-likeness (QED) is 0.0167. The smallest absolute Gasteiger partial charge is 0.416 e. The fourth-order valence-electron chi connectivity index (χ4n) is 13.6. The van der Waals surface area contributed by atoms with Gasteiger partial charge in [-0.05, 0) is 105 Å². The molecule has 0 saturated heterocycles. The number of aromatic amines is 2. The number of nitrogens with zero attached hydrogens (tertiary/aromatic N) is 8. The van der Waals surface area contributed by atoms with E-state index in [1.807, 2.05) is 31.2 Å². The second-order valence-electron chi connectivity index (χ2n) is 25.7. The van der Waals surface area contributed by atoms with Gasteiger partial charge in [-0.2, -0.15) is 0 Å². The molecule has 8 rings (SSSR count). The number of ether oxygens (including phenoxy) is 4. The van der Waals surface area contributed by atoms with Gasteiger partial charge in [-0.1, -0.05) is 160 Å². The van der Waals surface area contributed by atoms with Gasteiger partial charge in [0.1, 0.15) is 23.1 Å². The van der Waals surface area contributed by atoms with E-state index in [-0.39, 0.29) is 84.2 Å². The van der Waals surface area contributed by atoms with E-state index in [2.05, 4.69) is 104 Å². The number of aryl methyl sites for hydroxylation is 1. The molecule has 2 fully saturated rings. The molecule has 2 aliphatic rings. The van der Waals surface area contributed by atoms with Crippen molar-refractivity contribution in [1.82, 2.24) is 39.0 Å². The van der Waals surface area contributed by atoms with E-state index >= 15 is 0 Å². The molecule has 6 aromatic rings. The van der Waals surface area contributed by atoms with Gasteiger partial charge in [0.15, 0.2) is 17.3 Å². The summed E-state index contributed by atoms with van der Waals surface area (Å²) >= 11 is 0. The van der Waals surface area contributed by atoms with Crippen LogP contribution in [0.2, 0.25) is 0 Å². The molecule has 2 saturated carbocycles. The second kappa shape index (κ2) is 33.8. The molecule has 0 radical (unpaired) electrons. The van der Waals surface area contributed by atoms with Gasteiger partial charge in [-0.15, -0.1) is 26.3 Å². The van der Waals surface area contributed by atoms with E-state index in [0.717, 1.165) is 56.1 Å². The van der Waals surface area contributed by atoms with Crippen molar-refractivity contribution in [1.29, 1.82) is 0 Å². The average molecular weight is 1290 g/mol. The number of hydrogen-bond donors (Lipinski definition) is 3. The van der Waals surface area contributed by atoms with Gasteiger partial charge in [-0.25, -0.2) is 51.5 Å². The maximum absolute atomic E-state index is 13.7. The van der Waals surface area contributed by atoms with Crippen LogP contribution in [0.1, 0.15) is 160 Å². The van der Waals surface area contributed by atoms with Crippen LogP contribution in [0.3, 0.4) is 0 Å². The Morgan fingerprint density at radius 1 is 0.677 bits per heavy atom. The standard InChI is InChI=1S/C42H62N6O5S.C30H35N5O4/c1-9-12-13-14-15-16-17-18-19-20-25-54(50,51)46-33-21-22-37(52-8)35(28-33)39-44-40-36(29-34-31(5)26-30(4)27-32(34)6)38(43-7)41(48(40)45-39)53-42(49)47(23-10-2)24-11-3;1-8-14-34(15-9-2)30(37)39-28-24(31-7)23(29(36)38-25-20(5)16-19(4)17-21(25)6)27-32-26(33-35(27)28)22-12-10-18(3)11-13-22/h10-11,21-22,28,30-32,34,46H,2-3,9,12-20,23-27,29H2,1,4-6,8H3,(H,44,45);8-13,19-21,25H,1-2,14-17H2,3-6H3,(H,32,33). The van der Waals surface area contributed by atoms with Crippen molar-refractivity contribution in [3.63, 3.8) is 0 Å². The fraction of sp³-hybridized carbons (Fsp3) is 0.514. The van der Waals surface area contributed by atoms with Crippen molar-refractivity contribution in [3.05, 3.63) is 133 Å². The Balaban J connectivity index is 0.000000277. The Labute approximate surface area is 550 Å². The predicted octanol–water partition coefficient (Wildman–Crippen LogP) is 17.2. The van der Waals surface area contributed by atoms with Gasteiger partial charge in [0.05, 0.1) is 31.6 Å². The van der Waals surface area contributed by atoms with Crippen LogP contribution in [0.5, 0.6) is 17.5 Å². The predicted molar refractivity (Wildman–Crippen MR) is 369 cm³/mol. The first-order valence-corrected chi connectivity index (χ1v) is 34.7. The highest BCUT2D eigenvalue weighted by Gasteiger charge is 2.39. The van der Waals surface area contributed by atoms with Gasteiger partial charge < -0.3 is 28.7 Å². The Morgan fingerprint density at radius 2 is 1.16 bits per heavy atom. The van der Waals surface area contributed by atoms with Gasteiger partial charge in [0, 0.05) is 43.0 Å². The molecule has 93 heavy (non-hydrogen) atoms. The Hall–Kier alpha value is -8.56. The summed E-state index contributed by atoms with van der Waals surface area (Å²) in [7, 11) is -2.05. The van der Waals surface area contributed by atoms with Crippen molar-refractivity contribution >= 4 is 56.5 Å². The van der Waals surface area contributed by atoms with Crippen molar-refractivity contribution < 1.29 is 41.7 Å². The maximum Gasteiger partial charge on any atom is 0.416 e. The summed E-state index contributed by atoms with van der Waals surface area (Å²) in [6, 6.07) is 12.8. The molecule has 2 aliphatic carbocycles. The van der Waals surface area contributed by atoms with Crippen LogP contribution < -0.4 is 18.9 Å². The summed E-state index contributed by atoms with van der Waals surface area (Å²) in [5.74, 6) is 3.30. The van der Waals surface area contributed by atoms with E-state index in [1.54, 1.807) is 54.1 Å². The number of H-pyrrole nitrogens is 2. The molecule has 0 bridgehead atoms. The van der Waals surface area contributed by atoms with E-state index < -0.39 is 28.2 Å². The number of sulfonamides is 1. The minimum atomic E-state index is -3.60. The molecule has 2 amide bonds. The number of benzene rings is 2. The van der Waals surface area contributed by atoms with Gasteiger partial charge >= 0.3 is 18.2 Å². The molecule has 21 heteroatoms. The number of unbranched alkanes of at least 4 members (excludes halogenated alkanes) is 9. The highest BCUT2D eigenvalue weighted by atomic mass is 32.2. The third-order valence-electron chi connectivity index (χ3n) is 18.0. The normalized spacial score (nSPS) is 19.5. The lowest BCUT2D eigenvalue weighted by atomic mass is 9.67. The zero-order valence-corrected chi connectivity index (χ0v) is 56.9. The molecule has 4 heterocycles. The maximum atomic E-state index is 13.7. The molecule has 20 nitrogen and oxygen atoms in total. The Bertz CT molecular complexity index is 3730. The molecule has 4 atom stereocenters. The van der Waals surface area contributed by atoms with Gasteiger partial charge in [0.2, 0.25) is 21.8 Å². The number of fused-ring (bicyclic) bond motifs is 2. The number of anilines is 1. The number of carbonyl (C=O) groups is 3. The lowest BCUT2D eigenvalue weighted by Crippen LogP contribution is -2.37. The second-order valence-corrected chi connectivity index (χ2v) is 27.6. The highest BCUT2D eigenvalue weighted by molar-refractivity contribution is 7.92. The molecule has 4 unspecified atom stereocenters. The highest BCUT2D eigenvalue weighted by Crippen LogP contribution is 2.46. The van der Waals surface area contributed by atoms with Crippen LogP contribution >= 0.6 is 0 Å². The summed E-state index contributed by atoms with van der Waals surface area (Å²) in [6.07, 6.45) is 20.6. The number of esters is 1. The van der Waals surface area contributed by atoms with Crippen LogP contribution in [-0.4, -0.2) is 111 Å². The largest absolute Gasteiger partial charge is 0.496 e. The van der Waals surface area contributed by atoms with Crippen molar-refractivity contribution in [2.24, 2.45) is 41.4 Å². The van der Waals surface area contributed by atoms with Crippen LogP contribution in [0, 0.1) is 61.5 Å². The SMILES string of the molecule is [C-]#[N+]c1c(C(=O)OC2C(C)CC(C)CC2C)c2nc(-c3ccc(C)cc3)[nH]n2c1OC(=O)N(CC=C)CC=C.[C-]#[N+]c1c(CC2C(C)CC(C)CC2C)c2nc(-c3cc(NS(=O)(=O)CCCCCCCCCCCC)ccc3OC)[nH]n2c1OC(=O)N(CC=C)CC=C. The lowest BCUT2D eigenvalue weighted by Gasteiger charge is -2.38. The van der Waals surface area contributed by atoms with Gasteiger partial charge in [0.25, 0.3) is 11.4 Å². The topological polar surface area (TPSA) is 216 Å². The number of hydrogen-bond acceptors (Lipinski definition) is 11. The zero-order valence-electron chi connectivity index (χ0n) is 56.1. The fourth-order valence-corrected chi connectivity index (χ4v) is 14.8. The summed E-state index contributed by atoms with van der Waals surface area (Å²) in [6.45, 7) is 49.3. The third-order valence-corrected chi connectivity index (χ3v) is 19.4. The lowest BCUT2D eigenvalue weighted by molar-refractivity contribution is -0.0249. The Kier molecular flexibility index (Phi) is 26.2. The molecule has 0 spiro atoms. The van der Waals surface area contributed by atoms with Crippen LogP contribution in [0.4, 0.5) is 26.7 Å². The summed E-state index contributed by atoms with van der Waals surface area (Å²) in [4.78, 5) is 60.2. The summed E-state index contributed by atoms with van der Waals surface area (Å²) < 4.78 is 55.4. The van der Waals surface area contributed by atoms with E-state index in [9.17, 15) is 22.8 Å². The minimum absolute atomic E-state index is 0.0283. The third kappa shape index (κ3) is 18.2. The first-order valence-electron chi connectivity index (χ1n) is 33.0. The number of methoxy groups -OCH3 is 1. The number of aromatic nitrogens is 6. The number of amides is 2. The van der Waals surface area contributed by atoms with Crippen LogP contribution in [0.25, 0.3) is 43.8 Å². The van der Waals surface area contributed by atoms with E-state index in [1.165, 1.54) is 52.8 Å². The van der Waals surface area contributed by atoms with Crippen LogP contribution in [0.15, 0.2) is 93.1 Å². The Morgan fingerprint density at radius 3 is 1.68 bits per heavy atom. The molecular formula is C72H97N11O9S. The van der Waals surface area contributed by atoms with Crippen molar-refractivity contribution in [2.75, 3.05) is 43.8 Å². The van der Waals surface area contributed by atoms with Crippen molar-refractivity contribution in [3.8, 4) is 40.3 Å². The van der Waals surface area contributed by atoms with Crippen molar-refractivity contribution in [2.45, 2.75) is 158 Å². The van der Waals surface area contributed by atoms with Gasteiger partial charge in [-0.3, -0.25) is 14.9 Å². The number of rotatable bonds is 30. The first-order chi connectivity index (χ1) is 44.6. The average Bonchev–Trinajstić information content (AvgIpc) is 1.62. The minimum Gasteiger partial charge on any atom is -0.496 e. The number of carbonyl (C=O) groups excluding carboxylic acids is 3. The van der Waals surface area contributed by atoms with Crippen LogP contribution in [-0.2, 0) is 21.2 Å². The zero-order chi connectivity index (χ0) is 67.5. The monoisotopic (exact) mass is 1290 g/mol. The van der Waals surface area contributed by atoms with E-state index in [4.69, 9.17) is 37.1 Å². The molecule has 500 valence electrons. The molecular weight excluding hydrogens is 1190 g/mol. The first kappa shape index (κ1) is 71.9. The molecule has 3 N–H and O–H groups in total. The summed E-state index contributed by atoms with van der Waals surface area (Å²) in [5.41, 5.74) is 4.18.